The summed E-state index contributed by atoms with van der Waals surface area (Å²) in [7, 11) is -3.71. The normalized spacial score (nSPS) is 15.8. The zero-order valence-corrected chi connectivity index (χ0v) is 16.2. The molecule has 0 bridgehead atoms. The van der Waals surface area contributed by atoms with E-state index in [9.17, 15) is 26.4 Å². The van der Waals surface area contributed by atoms with E-state index in [4.69, 9.17) is 0 Å². The number of carbonyl (C=O) groups is 1. The Morgan fingerprint density at radius 1 is 1.11 bits per heavy atom. The molecule has 1 aliphatic heterocycles. The van der Waals surface area contributed by atoms with Crippen LogP contribution in [0, 0.1) is 13.8 Å². The molecule has 0 unspecified atom stereocenters. The number of carbonyl (C=O) groups excluding carboxylic acids is 1. The molecule has 0 spiro atoms. The summed E-state index contributed by atoms with van der Waals surface area (Å²) in [6, 6.07) is 4.03. The molecule has 1 aromatic heterocycles. The lowest BCUT2D eigenvalue weighted by Crippen LogP contribution is -2.28. The zero-order chi connectivity index (χ0) is 20.7. The van der Waals surface area contributed by atoms with Crippen molar-refractivity contribution in [3.8, 4) is 0 Å². The predicted octanol–water partition coefficient (Wildman–Crippen LogP) is 3.69. The molecule has 0 saturated carbocycles. The van der Waals surface area contributed by atoms with Gasteiger partial charge in [-0.2, -0.15) is 17.5 Å². The molecule has 1 saturated heterocycles. The van der Waals surface area contributed by atoms with Gasteiger partial charge in [0, 0.05) is 24.5 Å². The fraction of sp³-hybridized carbons (Fsp3) is 0.389. The molecule has 6 nitrogen and oxygen atoms in total. The van der Waals surface area contributed by atoms with Gasteiger partial charge in [-0.15, -0.1) is 0 Å². The Morgan fingerprint density at radius 3 is 2.21 bits per heavy atom. The standard InChI is InChI=1S/C18H20F3N3O3S/c1-11-15(17(25)23-14-7-5-13(6-8-14)18(19,20)21)22-12(2)16(11)28(26,27)24-9-3-4-10-24/h5-8,22H,3-4,9-10H2,1-2H3,(H,23,25). The van der Waals surface area contributed by atoms with Crippen molar-refractivity contribution in [2.75, 3.05) is 18.4 Å². The van der Waals surface area contributed by atoms with Crippen LogP contribution in [-0.2, 0) is 16.2 Å². The molecule has 28 heavy (non-hydrogen) atoms. The van der Waals surface area contributed by atoms with E-state index < -0.39 is 27.7 Å². The highest BCUT2D eigenvalue weighted by atomic mass is 32.2. The topological polar surface area (TPSA) is 82.3 Å². The van der Waals surface area contributed by atoms with Gasteiger partial charge in [0.25, 0.3) is 5.91 Å². The van der Waals surface area contributed by atoms with E-state index in [0.717, 1.165) is 37.1 Å². The molecule has 1 amide bonds. The van der Waals surface area contributed by atoms with Crippen LogP contribution in [-0.4, -0.2) is 36.7 Å². The lowest BCUT2D eigenvalue weighted by molar-refractivity contribution is -0.137. The second-order valence-corrected chi connectivity index (χ2v) is 8.59. The molecule has 2 heterocycles. The molecule has 1 aromatic carbocycles. The molecule has 0 atom stereocenters. The number of nitrogens with one attached hydrogen (secondary N) is 2. The van der Waals surface area contributed by atoms with Gasteiger partial charge in [0.1, 0.15) is 10.6 Å². The van der Waals surface area contributed by atoms with Gasteiger partial charge < -0.3 is 10.3 Å². The van der Waals surface area contributed by atoms with Gasteiger partial charge in [0.05, 0.1) is 5.56 Å². The minimum Gasteiger partial charge on any atom is -0.353 e. The van der Waals surface area contributed by atoms with Crippen LogP contribution in [0.3, 0.4) is 0 Å². The SMILES string of the molecule is Cc1[nH]c(C(=O)Nc2ccc(C(F)(F)F)cc2)c(C)c1S(=O)(=O)N1CCCC1. The Balaban J connectivity index is 1.85. The highest BCUT2D eigenvalue weighted by Gasteiger charge is 2.33. The summed E-state index contributed by atoms with van der Waals surface area (Å²) in [4.78, 5) is 15.4. The van der Waals surface area contributed by atoms with Crippen LogP contribution < -0.4 is 5.32 Å². The number of anilines is 1. The van der Waals surface area contributed by atoms with Crippen LogP contribution in [0.25, 0.3) is 0 Å². The first-order valence-corrected chi connectivity index (χ1v) is 10.1. The third kappa shape index (κ3) is 3.79. The molecule has 1 aliphatic rings. The Hall–Kier alpha value is -2.33. The average Bonchev–Trinajstić information content (AvgIpc) is 3.23. The summed E-state index contributed by atoms with van der Waals surface area (Å²) in [6.45, 7) is 4.00. The molecule has 3 rings (SSSR count). The minimum atomic E-state index is -4.46. The van der Waals surface area contributed by atoms with E-state index in [-0.39, 0.29) is 21.8 Å². The van der Waals surface area contributed by atoms with E-state index in [1.807, 2.05) is 0 Å². The van der Waals surface area contributed by atoms with Crippen LogP contribution in [0.5, 0.6) is 0 Å². The maximum absolute atomic E-state index is 12.9. The number of sulfonamides is 1. The van der Waals surface area contributed by atoms with Crippen molar-refractivity contribution >= 4 is 21.6 Å². The number of hydrogen-bond acceptors (Lipinski definition) is 3. The van der Waals surface area contributed by atoms with Gasteiger partial charge in [-0.05, 0) is 56.5 Å². The molecule has 0 aliphatic carbocycles. The summed E-state index contributed by atoms with van der Waals surface area (Å²) in [6.07, 6.45) is -2.87. The van der Waals surface area contributed by atoms with Crippen molar-refractivity contribution in [3.05, 3.63) is 46.8 Å². The van der Waals surface area contributed by atoms with Gasteiger partial charge in [-0.1, -0.05) is 0 Å². The van der Waals surface area contributed by atoms with Crippen LogP contribution >= 0.6 is 0 Å². The molecular weight excluding hydrogens is 395 g/mol. The second kappa shape index (κ2) is 7.25. The minimum absolute atomic E-state index is 0.0650. The van der Waals surface area contributed by atoms with E-state index >= 15 is 0 Å². The molecule has 10 heteroatoms. The number of halogens is 3. The Morgan fingerprint density at radius 2 is 1.68 bits per heavy atom. The quantitative estimate of drug-likeness (QED) is 0.799. The fourth-order valence-electron chi connectivity index (χ4n) is 3.34. The summed E-state index contributed by atoms with van der Waals surface area (Å²) >= 11 is 0. The van der Waals surface area contributed by atoms with Gasteiger partial charge >= 0.3 is 6.18 Å². The molecule has 2 N–H and O–H groups in total. The number of alkyl halides is 3. The van der Waals surface area contributed by atoms with Crippen LogP contribution in [0.15, 0.2) is 29.2 Å². The number of amides is 1. The summed E-state index contributed by atoms with van der Waals surface area (Å²) in [5.41, 5.74) is 0.0518. The third-order valence-corrected chi connectivity index (χ3v) is 6.90. The smallest absolute Gasteiger partial charge is 0.353 e. The Kier molecular flexibility index (Phi) is 5.28. The Bertz CT molecular complexity index is 990. The zero-order valence-electron chi connectivity index (χ0n) is 15.4. The van der Waals surface area contributed by atoms with Gasteiger partial charge in [0.2, 0.25) is 10.0 Å². The van der Waals surface area contributed by atoms with Crippen molar-refractivity contribution in [3.63, 3.8) is 0 Å². The highest BCUT2D eigenvalue weighted by Crippen LogP contribution is 2.31. The average molecular weight is 415 g/mol. The van der Waals surface area contributed by atoms with Crippen LogP contribution in [0.1, 0.15) is 40.2 Å². The Labute approximate surface area is 160 Å². The summed E-state index contributed by atoms with van der Waals surface area (Å²) in [5, 5.41) is 2.49. The predicted molar refractivity (Wildman–Crippen MR) is 97.7 cm³/mol. The van der Waals surface area contributed by atoms with Gasteiger partial charge in [0.15, 0.2) is 0 Å². The lowest BCUT2D eigenvalue weighted by Gasteiger charge is -2.16. The largest absolute Gasteiger partial charge is 0.416 e. The molecule has 152 valence electrons. The number of aromatic nitrogens is 1. The van der Waals surface area contributed by atoms with Gasteiger partial charge in [-0.3, -0.25) is 4.79 Å². The second-order valence-electron chi connectivity index (χ2n) is 6.72. The van der Waals surface area contributed by atoms with Crippen molar-refractivity contribution in [1.29, 1.82) is 0 Å². The number of aryl methyl sites for hydroxylation is 1. The number of benzene rings is 1. The van der Waals surface area contributed by atoms with E-state index in [1.165, 1.54) is 11.2 Å². The van der Waals surface area contributed by atoms with E-state index in [1.54, 1.807) is 6.92 Å². The van der Waals surface area contributed by atoms with Crippen LogP contribution in [0.2, 0.25) is 0 Å². The highest BCUT2D eigenvalue weighted by molar-refractivity contribution is 7.89. The van der Waals surface area contributed by atoms with Crippen molar-refractivity contribution < 1.29 is 26.4 Å². The molecule has 1 fully saturated rings. The molecular formula is C18H20F3N3O3S. The number of aromatic amines is 1. The number of hydrogen-bond donors (Lipinski definition) is 2. The first-order valence-electron chi connectivity index (χ1n) is 8.69. The van der Waals surface area contributed by atoms with Crippen molar-refractivity contribution in [1.82, 2.24) is 9.29 Å². The monoisotopic (exact) mass is 415 g/mol. The van der Waals surface area contributed by atoms with E-state index in [2.05, 4.69) is 10.3 Å². The first kappa shape index (κ1) is 20.4. The van der Waals surface area contributed by atoms with Gasteiger partial charge in [-0.25, -0.2) is 8.42 Å². The fourth-order valence-corrected chi connectivity index (χ4v) is 5.26. The number of nitrogens with zero attached hydrogens (tertiary/aromatic N) is 1. The maximum atomic E-state index is 12.9. The van der Waals surface area contributed by atoms with Crippen molar-refractivity contribution in [2.45, 2.75) is 37.8 Å². The van der Waals surface area contributed by atoms with Crippen molar-refractivity contribution in [2.24, 2.45) is 0 Å². The first-order chi connectivity index (χ1) is 13.0. The number of H-pyrrole nitrogens is 1. The summed E-state index contributed by atoms with van der Waals surface area (Å²) in [5.74, 6) is -0.622. The van der Waals surface area contributed by atoms with Crippen LogP contribution in [0.4, 0.5) is 18.9 Å². The molecule has 2 aromatic rings. The summed E-state index contributed by atoms with van der Waals surface area (Å²) < 4.78 is 65.0. The molecule has 0 radical (unpaired) electrons. The lowest BCUT2D eigenvalue weighted by atomic mass is 10.2. The van der Waals surface area contributed by atoms with E-state index in [0.29, 0.717) is 18.8 Å². The number of rotatable bonds is 4. The maximum Gasteiger partial charge on any atom is 0.416 e. The third-order valence-electron chi connectivity index (χ3n) is 4.73.